The summed E-state index contributed by atoms with van der Waals surface area (Å²) in [6, 6.07) is 7.83. The maximum absolute atomic E-state index is 12.9. The van der Waals surface area contributed by atoms with E-state index in [1.54, 1.807) is 6.07 Å². The van der Waals surface area contributed by atoms with Gasteiger partial charge in [0.05, 0.1) is 27.9 Å². The number of carbonyl (C=O) groups is 4. The molecule has 0 radical (unpaired) electrons. The first-order valence-electron chi connectivity index (χ1n) is 8.97. The molecule has 0 spiro atoms. The molecule has 0 saturated heterocycles. The van der Waals surface area contributed by atoms with Gasteiger partial charge in [-0.25, -0.2) is 14.5 Å². The van der Waals surface area contributed by atoms with E-state index in [9.17, 15) is 29.4 Å². The van der Waals surface area contributed by atoms with Crippen molar-refractivity contribution in [3.05, 3.63) is 64.2 Å². The monoisotopic (exact) mass is 391 g/mol. The molecule has 2 amide bonds. The second-order valence-corrected chi connectivity index (χ2v) is 6.49. The quantitative estimate of drug-likeness (QED) is 0.459. The first-order chi connectivity index (χ1) is 13.8. The van der Waals surface area contributed by atoms with E-state index >= 15 is 0 Å². The number of fused-ring (bicyclic) bond motifs is 1. The Balaban J connectivity index is 2.01. The summed E-state index contributed by atoms with van der Waals surface area (Å²) in [4.78, 5) is 49.0. The van der Waals surface area contributed by atoms with E-state index in [1.165, 1.54) is 12.1 Å². The Hall–Kier alpha value is -3.92. The molecule has 3 rings (SSSR count). The molecule has 0 bridgehead atoms. The Morgan fingerprint density at radius 3 is 2.14 bits per heavy atom. The van der Waals surface area contributed by atoms with Crippen LogP contribution >= 0.6 is 0 Å². The van der Waals surface area contributed by atoms with Gasteiger partial charge >= 0.3 is 11.9 Å². The number of benzene rings is 2. The summed E-state index contributed by atoms with van der Waals surface area (Å²) < 4.78 is 0. The van der Waals surface area contributed by atoms with Crippen molar-refractivity contribution < 1.29 is 29.4 Å². The normalized spacial score (nSPS) is 12.4. The Labute approximate surface area is 166 Å². The van der Waals surface area contributed by atoms with Crippen molar-refractivity contribution in [2.45, 2.75) is 26.2 Å². The van der Waals surface area contributed by atoms with Gasteiger partial charge < -0.3 is 10.2 Å². The van der Waals surface area contributed by atoms with Crippen molar-refractivity contribution in [1.82, 2.24) is 0 Å². The fraction of sp³-hybridized carbons (Fsp3) is 0.182. The number of aromatic carboxylic acids is 2. The standard InChI is InChI=1S/C22H17NO6/c1-2-3-4-5-6-13-7-8-17-18(9-13)20(25)23(19(17)24)16-11-14(21(26)27)10-15(12-16)22(28)29/h7-12H,2-4H2,1H3,(H,26,27)(H,28,29). The number of nitrogens with zero attached hydrogens (tertiary/aromatic N) is 1. The Morgan fingerprint density at radius 1 is 0.931 bits per heavy atom. The van der Waals surface area contributed by atoms with Gasteiger partial charge in [-0.3, -0.25) is 9.59 Å². The second kappa shape index (κ2) is 7.98. The summed E-state index contributed by atoms with van der Waals surface area (Å²) in [5.41, 5.74) is 0.122. The van der Waals surface area contributed by atoms with Crippen LogP contribution in [0.1, 0.15) is 73.2 Å². The Morgan fingerprint density at radius 2 is 1.55 bits per heavy atom. The van der Waals surface area contributed by atoms with Crippen LogP contribution in [0.3, 0.4) is 0 Å². The fourth-order valence-corrected chi connectivity index (χ4v) is 2.97. The molecule has 0 aliphatic carbocycles. The van der Waals surface area contributed by atoms with Crippen LogP contribution in [0, 0.1) is 11.8 Å². The highest BCUT2D eigenvalue weighted by Crippen LogP contribution is 2.30. The van der Waals surface area contributed by atoms with E-state index in [2.05, 4.69) is 18.8 Å². The number of carboxylic acid groups (broad SMARTS) is 2. The maximum atomic E-state index is 12.9. The van der Waals surface area contributed by atoms with E-state index in [4.69, 9.17) is 0 Å². The predicted octanol–water partition coefficient (Wildman–Crippen LogP) is 3.43. The van der Waals surface area contributed by atoms with Crippen LogP contribution in [0.5, 0.6) is 0 Å². The van der Waals surface area contributed by atoms with Crippen LogP contribution in [-0.4, -0.2) is 34.0 Å². The number of hydrogen-bond donors (Lipinski definition) is 2. The second-order valence-electron chi connectivity index (χ2n) is 6.49. The molecule has 1 aliphatic heterocycles. The number of anilines is 1. The van der Waals surface area contributed by atoms with Crippen LogP contribution < -0.4 is 4.90 Å². The van der Waals surface area contributed by atoms with Gasteiger partial charge in [0.25, 0.3) is 11.8 Å². The average Bonchev–Trinajstić information content (AvgIpc) is 2.95. The number of imide groups is 1. The van der Waals surface area contributed by atoms with Gasteiger partial charge in [0, 0.05) is 12.0 Å². The number of unbranched alkanes of at least 4 members (excludes halogenated alkanes) is 2. The number of hydrogen-bond acceptors (Lipinski definition) is 4. The molecule has 7 nitrogen and oxygen atoms in total. The van der Waals surface area contributed by atoms with E-state index in [1.807, 2.05) is 0 Å². The highest BCUT2D eigenvalue weighted by molar-refractivity contribution is 6.34. The summed E-state index contributed by atoms with van der Waals surface area (Å²) in [6.07, 6.45) is 2.72. The lowest BCUT2D eigenvalue weighted by atomic mass is 10.1. The van der Waals surface area contributed by atoms with E-state index in [0.717, 1.165) is 42.4 Å². The summed E-state index contributed by atoms with van der Waals surface area (Å²) in [5.74, 6) is 1.95. The third-order valence-electron chi connectivity index (χ3n) is 4.44. The van der Waals surface area contributed by atoms with Gasteiger partial charge in [0.1, 0.15) is 0 Å². The largest absolute Gasteiger partial charge is 0.478 e. The zero-order chi connectivity index (χ0) is 21.1. The van der Waals surface area contributed by atoms with Crippen LogP contribution in [0.15, 0.2) is 36.4 Å². The van der Waals surface area contributed by atoms with Crippen molar-refractivity contribution in [3.63, 3.8) is 0 Å². The van der Waals surface area contributed by atoms with Crippen LogP contribution in [-0.2, 0) is 0 Å². The molecule has 1 aliphatic rings. The third-order valence-corrected chi connectivity index (χ3v) is 4.44. The zero-order valence-electron chi connectivity index (χ0n) is 15.6. The molecule has 0 saturated carbocycles. The van der Waals surface area contributed by atoms with Crippen LogP contribution in [0.2, 0.25) is 0 Å². The smallest absolute Gasteiger partial charge is 0.335 e. The molecule has 0 fully saturated rings. The van der Waals surface area contributed by atoms with E-state index in [0.29, 0.717) is 5.56 Å². The number of rotatable bonds is 5. The lowest BCUT2D eigenvalue weighted by molar-refractivity contribution is 0.0695. The molecule has 2 aromatic rings. The molecule has 2 aromatic carbocycles. The molecular formula is C22H17NO6. The predicted molar refractivity (Wildman–Crippen MR) is 104 cm³/mol. The molecule has 1 heterocycles. The molecule has 0 atom stereocenters. The zero-order valence-corrected chi connectivity index (χ0v) is 15.6. The fourth-order valence-electron chi connectivity index (χ4n) is 2.97. The van der Waals surface area contributed by atoms with Gasteiger partial charge in [-0.1, -0.05) is 25.2 Å². The summed E-state index contributed by atoms with van der Waals surface area (Å²) in [6.45, 7) is 2.06. The molecular weight excluding hydrogens is 374 g/mol. The number of carboxylic acids is 2. The first kappa shape index (κ1) is 19.8. The van der Waals surface area contributed by atoms with Crippen molar-refractivity contribution in [3.8, 4) is 11.8 Å². The van der Waals surface area contributed by atoms with Crippen LogP contribution in [0.4, 0.5) is 5.69 Å². The van der Waals surface area contributed by atoms with Crippen molar-refractivity contribution in [1.29, 1.82) is 0 Å². The van der Waals surface area contributed by atoms with Gasteiger partial charge in [-0.15, -0.1) is 0 Å². The minimum atomic E-state index is -1.37. The Kier molecular flexibility index (Phi) is 5.46. The SMILES string of the molecule is CCCCC#Cc1ccc2c(c1)C(=O)N(c1cc(C(=O)O)cc(C(=O)O)c1)C2=O. The van der Waals surface area contributed by atoms with E-state index in [-0.39, 0.29) is 27.9 Å². The lowest BCUT2D eigenvalue weighted by Crippen LogP contribution is -2.29. The first-order valence-corrected chi connectivity index (χ1v) is 8.97. The lowest BCUT2D eigenvalue weighted by Gasteiger charge is -2.15. The topological polar surface area (TPSA) is 112 Å². The van der Waals surface area contributed by atoms with Gasteiger partial charge in [-0.2, -0.15) is 0 Å². The molecule has 29 heavy (non-hydrogen) atoms. The third kappa shape index (κ3) is 3.87. The summed E-state index contributed by atoms with van der Waals surface area (Å²) >= 11 is 0. The molecule has 0 unspecified atom stereocenters. The highest BCUT2D eigenvalue weighted by Gasteiger charge is 2.37. The molecule has 2 N–H and O–H groups in total. The minimum absolute atomic E-state index is 0.107. The van der Waals surface area contributed by atoms with Gasteiger partial charge in [-0.05, 0) is 42.8 Å². The number of amides is 2. The minimum Gasteiger partial charge on any atom is -0.478 e. The summed E-state index contributed by atoms with van der Waals surface area (Å²) in [5, 5.41) is 18.4. The van der Waals surface area contributed by atoms with Crippen molar-refractivity contribution >= 4 is 29.4 Å². The highest BCUT2D eigenvalue weighted by atomic mass is 16.4. The maximum Gasteiger partial charge on any atom is 0.335 e. The Bertz CT molecular complexity index is 1070. The van der Waals surface area contributed by atoms with Crippen molar-refractivity contribution in [2.24, 2.45) is 0 Å². The molecule has 0 aromatic heterocycles. The molecule has 146 valence electrons. The average molecular weight is 391 g/mol. The number of carbonyl (C=O) groups excluding carboxylic acids is 2. The van der Waals surface area contributed by atoms with Crippen LogP contribution in [0.25, 0.3) is 0 Å². The summed E-state index contributed by atoms with van der Waals surface area (Å²) in [7, 11) is 0. The van der Waals surface area contributed by atoms with Crippen molar-refractivity contribution in [2.75, 3.05) is 4.90 Å². The molecule has 7 heteroatoms. The van der Waals surface area contributed by atoms with E-state index < -0.39 is 23.8 Å². The van der Waals surface area contributed by atoms with Gasteiger partial charge in [0.2, 0.25) is 0 Å². The van der Waals surface area contributed by atoms with Gasteiger partial charge in [0.15, 0.2) is 0 Å².